The van der Waals surface area contributed by atoms with Crippen LogP contribution in [-0.4, -0.2) is 60.2 Å². The van der Waals surface area contributed by atoms with E-state index in [1.807, 2.05) is 30.3 Å². The van der Waals surface area contributed by atoms with Gasteiger partial charge in [-0.15, -0.1) is 0 Å². The molecule has 2 aromatic rings. The van der Waals surface area contributed by atoms with E-state index in [1.54, 1.807) is 7.11 Å². The Labute approximate surface area is 160 Å². The van der Waals surface area contributed by atoms with Gasteiger partial charge in [-0.2, -0.15) is 0 Å². The van der Waals surface area contributed by atoms with Crippen molar-refractivity contribution >= 4 is 0 Å². The lowest BCUT2D eigenvalue weighted by Crippen LogP contribution is -2.50. The molecule has 0 spiro atoms. The Bertz CT molecular complexity index is 746. The molecule has 1 N–H and O–H groups in total. The Hall–Kier alpha value is -1.89. The molecule has 27 heavy (non-hydrogen) atoms. The van der Waals surface area contributed by atoms with E-state index in [-0.39, 0.29) is 0 Å². The molecule has 0 unspecified atom stereocenters. The maximum absolute atomic E-state index is 11.0. The number of rotatable bonds is 5. The molecule has 6 heteroatoms. The molecule has 2 aliphatic rings. The second-order valence-corrected chi connectivity index (χ2v) is 7.69. The molecule has 2 saturated heterocycles. The number of aliphatic hydroxyl groups is 1. The number of methoxy groups -OCH3 is 1. The third-order valence-electron chi connectivity index (χ3n) is 5.86. The summed E-state index contributed by atoms with van der Waals surface area (Å²) in [5.74, 6) is 1.52. The van der Waals surface area contributed by atoms with Crippen LogP contribution in [0.3, 0.4) is 0 Å². The summed E-state index contributed by atoms with van der Waals surface area (Å²) in [4.78, 5) is 2.51. The number of ether oxygens (including phenoxy) is 2. The van der Waals surface area contributed by atoms with E-state index in [4.69, 9.17) is 14.0 Å². The molecular weight excluding hydrogens is 344 g/mol. The van der Waals surface area contributed by atoms with Gasteiger partial charge >= 0.3 is 0 Å². The lowest BCUT2D eigenvalue weighted by Gasteiger charge is -2.42. The van der Waals surface area contributed by atoms with Gasteiger partial charge in [0.25, 0.3) is 0 Å². The van der Waals surface area contributed by atoms with Crippen molar-refractivity contribution in [3.05, 3.63) is 36.1 Å². The molecule has 0 aliphatic carbocycles. The normalized spacial score (nSPS) is 21.3. The molecule has 0 saturated carbocycles. The van der Waals surface area contributed by atoms with Gasteiger partial charge in [-0.05, 0) is 37.8 Å². The lowest BCUT2D eigenvalue weighted by atomic mass is 9.86. The van der Waals surface area contributed by atoms with E-state index < -0.39 is 5.60 Å². The fourth-order valence-corrected chi connectivity index (χ4v) is 4.17. The van der Waals surface area contributed by atoms with Crippen molar-refractivity contribution in [2.24, 2.45) is 0 Å². The average Bonchev–Trinajstić information content (AvgIpc) is 3.17. The highest BCUT2D eigenvalue weighted by atomic mass is 16.5. The molecule has 1 aromatic carbocycles. The first-order valence-corrected chi connectivity index (χ1v) is 9.79. The van der Waals surface area contributed by atoms with Gasteiger partial charge in [-0.25, -0.2) is 0 Å². The van der Waals surface area contributed by atoms with E-state index in [2.05, 4.69) is 10.1 Å². The zero-order valence-corrected chi connectivity index (χ0v) is 15.9. The first-order valence-electron chi connectivity index (χ1n) is 9.79. The van der Waals surface area contributed by atoms with Crippen LogP contribution in [0.5, 0.6) is 5.75 Å². The Morgan fingerprint density at radius 2 is 2.00 bits per heavy atom. The van der Waals surface area contributed by atoms with Crippen molar-refractivity contribution in [1.29, 1.82) is 0 Å². The van der Waals surface area contributed by atoms with Crippen molar-refractivity contribution in [2.75, 3.05) is 33.4 Å². The molecule has 6 nitrogen and oxygen atoms in total. The lowest BCUT2D eigenvalue weighted by molar-refractivity contribution is -0.0486. The van der Waals surface area contributed by atoms with Gasteiger partial charge in [0, 0.05) is 50.4 Å². The first kappa shape index (κ1) is 18.5. The fraction of sp³-hybridized carbons (Fsp3) is 0.571. The van der Waals surface area contributed by atoms with E-state index in [0.717, 1.165) is 74.8 Å². The smallest absolute Gasteiger partial charge is 0.140 e. The van der Waals surface area contributed by atoms with Gasteiger partial charge in [0.1, 0.15) is 17.2 Å². The number of aromatic nitrogens is 1. The molecule has 0 bridgehead atoms. The van der Waals surface area contributed by atoms with Crippen LogP contribution >= 0.6 is 0 Å². The summed E-state index contributed by atoms with van der Waals surface area (Å²) in [7, 11) is 1.65. The summed E-state index contributed by atoms with van der Waals surface area (Å²) < 4.78 is 16.3. The molecule has 2 fully saturated rings. The number of hydrogen-bond donors (Lipinski definition) is 1. The highest BCUT2D eigenvalue weighted by molar-refractivity contribution is 5.60. The standard InChI is InChI=1S/C21H28N2O4/c1-25-18-4-2-3-16(13-18)20-14-19(27-22-20)15-21(24)7-9-23(10-8-21)17-5-11-26-12-6-17/h2-4,13-14,17,24H,5-12,15H2,1H3. The minimum atomic E-state index is -0.715. The minimum Gasteiger partial charge on any atom is -0.497 e. The van der Waals surface area contributed by atoms with Gasteiger partial charge in [-0.3, -0.25) is 4.90 Å². The van der Waals surface area contributed by atoms with Crippen molar-refractivity contribution < 1.29 is 19.1 Å². The summed E-state index contributed by atoms with van der Waals surface area (Å²) in [5.41, 5.74) is 1.00. The number of nitrogens with zero attached hydrogens (tertiary/aromatic N) is 2. The molecule has 0 amide bonds. The minimum absolute atomic E-state index is 0.506. The predicted molar refractivity (Wildman–Crippen MR) is 102 cm³/mol. The number of piperidine rings is 1. The average molecular weight is 372 g/mol. The third kappa shape index (κ3) is 4.34. The van der Waals surface area contributed by atoms with Gasteiger partial charge in [0.2, 0.25) is 0 Å². The van der Waals surface area contributed by atoms with E-state index in [1.165, 1.54) is 0 Å². The maximum Gasteiger partial charge on any atom is 0.140 e. The molecular formula is C21H28N2O4. The van der Waals surface area contributed by atoms with Crippen molar-refractivity contribution in [2.45, 2.75) is 43.7 Å². The Morgan fingerprint density at radius 3 is 2.74 bits per heavy atom. The van der Waals surface area contributed by atoms with Crippen molar-refractivity contribution in [1.82, 2.24) is 10.1 Å². The molecule has 4 rings (SSSR count). The number of likely N-dealkylation sites (tertiary alicyclic amines) is 1. The van der Waals surface area contributed by atoms with Gasteiger partial charge in [0.15, 0.2) is 0 Å². The zero-order valence-electron chi connectivity index (χ0n) is 15.9. The van der Waals surface area contributed by atoms with Crippen LogP contribution in [0.25, 0.3) is 11.3 Å². The highest BCUT2D eigenvalue weighted by Crippen LogP contribution is 2.31. The summed E-state index contributed by atoms with van der Waals surface area (Å²) in [6, 6.07) is 10.3. The maximum atomic E-state index is 11.0. The van der Waals surface area contributed by atoms with Gasteiger partial charge in [0.05, 0.1) is 12.7 Å². The Balaban J connectivity index is 1.37. The van der Waals surface area contributed by atoms with Crippen LogP contribution in [0, 0.1) is 0 Å². The quantitative estimate of drug-likeness (QED) is 0.870. The van der Waals surface area contributed by atoms with Crippen LogP contribution < -0.4 is 4.74 Å². The SMILES string of the molecule is COc1cccc(-c2cc(CC3(O)CCN(C4CCOCC4)CC3)on2)c1. The van der Waals surface area contributed by atoms with Crippen molar-refractivity contribution in [3.63, 3.8) is 0 Å². The fourth-order valence-electron chi connectivity index (χ4n) is 4.17. The molecule has 0 atom stereocenters. The number of benzene rings is 1. The second-order valence-electron chi connectivity index (χ2n) is 7.69. The molecule has 2 aliphatic heterocycles. The predicted octanol–water partition coefficient (Wildman–Crippen LogP) is 2.90. The second kappa shape index (κ2) is 8.00. The van der Waals surface area contributed by atoms with Crippen molar-refractivity contribution in [3.8, 4) is 17.0 Å². The highest BCUT2D eigenvalue weighted by Gasteiger charge is 2.36. The van der Waals surface area contributed by atoms with Crippen LogP contribution in [-0.2, 0) is 11.2 Å². The summed E-state index contributed by atoms with van der Waals surface area (Å²) in [6.07, 6.45) is 4.24. The number of hydrogen-bond acceptors (Lipinski definition) is 6. The summed E-state index contributed by atoms with van der Waals surface area (Å²) in [5, 5.41) is 15.2. The van der Waals surface area contributed by atoms with Crippen LogP contribution in [0.4, 0.5) is 0 Å². The van der Waals surface area contributed by atoms with Crippen LogP contribution in [0.1, 0.15) is 31.4 Å². The van der Waals surface area contributed by atoms with E-state index in [9.17, 15) is 5.11 Å². The Morgan fingerprint density at radius 1 is 1.22 bits per heavy atom. The summed E-state index contributed by atoms with van der Waals surface area (Å²) in [6.45, 7) is 3.57. The van der Waals surface area contributed by atoms with E-state index >= 15 is 0 Å². The summed E-state index contributed by atoms with van der Waals surface area (Å²) >= 11 is 0. The molecule has 146 valence electrons. The van der Waals surface area contributed by atoms with Gasteiger partial charge < -0.3 is 19.1 Å². The molecule has 1 aromatic heterocycles. The largest absolute Gasteiger partial charge is 0.497 e. The van der Waals surface area contributed by atoms with E-state index in [0.29, 0.717) is 12.5 Å². The molecule has 3 heterocycles. The van der Waals surface area contributed by atoms with Gasteiger partial charge in [-0.1, -0.05) is 17.3 Å². The Kier molecular flexibility index (Phi) is 5.48. The van der Waals surface area contributed by atoms with Crippen LogP contribution in [0.15, 0.2) is 34.9 Å². The molecule has 0 radical (unpaired) electrons. The third-order valence-corrected chi connectivity index (χ3v) is 5.86. The topological polar surface area (TPSA) is 68.0 Å². The van der Waals surface area contributed by atoms with Crippen LogP contribution in [0.2, 0.25) is 0 Å². The monoisotopic (exact) mass is 372 g/mol. The zero-order chi connectivity index (χ0) is 18.7. The first-order chi connectivity index (χ1) is 13.1.